The predicted octanol–water partition coefficient (Wildman–Crippen LogP) is -1.07. The van der Waals surface area contributed by atoms with Gasteiger partial charge in [0.1, 0.15) is 0 Å². The van der Waals surface area contributed by atoms with Crippen LogP contribution < -0.4 is 0 Å². The Morgan fingerprint density at radius 3 is 1.17 bits per heavy atom. The standard InChI is InChI=1S/C2H6N2Si2/c1-3(5)4(2)6/h1-2H3. The van der Waals surface area contributed by atoms with Gasteiger partial charge in [0.05, 0.1) is 0 Å². The number of hydrogen-bond donors (Lipinski definition) is 0. The van der Waals surface area contributed by atoms with Gasteiger partial charge in [0.15, 0.2) is 20.8 Å². The molecule has 0 atom stereocenters. The zero-order valence-corrected chi connectivity index (χ0v) is 5.89. The third-order valence-electron chi connectivity index (χ3n) is 0.450. The summed E-state index contributed by atoms with van der Waals surface area (Å²) in [4.78, 5) is 0. The van der Waals surface area contributed by atoms with E-state index in [1.807, 2.05) is 14.1 Å². The van der Waals surface area contributed by atoms with E-state index in [1.54, 1.807) is 9.35 Å². The molecule has 0 heterocycles. The summed E-state index contributed by atoms with van der Waals surface area (Å²) >= 11 is 0. The van der Waals surface area contributed by atoms with Crippen LogP contribution >= 0.6 is 0 Å². The van der Waals surface area contributed by atoms with E-state index in [2.05, 4.69) is 20.8 Å². The molecule has 32 valence electrons. The van der Waals surface area contributed by atoms with E-state index in [0.717, 1.165) is 0 Å². The normalized spacial score (nSPS) is 11.0. The Kier molecular flexibility index (Phi) is 2.66. The molecule has 2 nitrogen and oxygen atoms in total. The Morgan fingerprint density at radius 1 is 1.00 bits per heavy atom. The molecule has 0 aliphatic heterocycles. The van der Waals surface area contributed by atoms with Gasteiger partial charge in [-0.1, -0.05) is 0 Å². The molecule has 0 saturated carbocycles. The summed E-state index contributed by atoms with van der Waals surface area (Å²) in [6.45, 7) is 0. The van der Waals surface area contributed by atoms with Crippen molar-refractivity contribution in [2.45, 2.75) is 0 Å². The fourth-order valence-electron chi connectivity index (χ4n) is 0. The summed E-state index contributed by atoms with van der Waals surface area (Å²) in [5, 5.41) is 0. The number of nitrogens with zero attached hydrogens (tertiary/aromatic N) is 2. The Balaban J connectivity index is 2.99. The number of hydrazine groups is 1. The minimum atomic E-state index is 1.72. The van der Waals surface area contributed by atoms with Gasteiger partial charge >= 0.3 is 0 Å². The van der Waals surface area contributed by atoms with Crippen molar-refractivity contribution >= 4 is 20.8 Å². The smallest absolute Gasteiger partial charge is 0.165 e. The van der Waals surface area contributed by atoms with Crippen molar-refractivity contribution < 1.29 is 0 Å². The maximum atomic E-state index is 3.19. The highest BCUT2D eigenvalue weighted by Crippen LogP contribution is 1.69. The molecule has 0 bridgehead atoms. The van der Waals surface area contributed by atoms with Crippen LogP contribution in [0, 0.1) is 0 Å². The van der Waals surface area contributed by atoms with E-state index in [9.17, 15) is 0 Å². The van der Waals surface area contributed by atoms with Crippen molar-refractivity contribution in [1.82, 2.24) is 9.35 Å². The average molecular weight is 114 g/mol. The quantitative estimate of drug-likeness (QED) is 0.316. The van der Waals surface area contributed by atoms with Crippen LogP contribution in [0.25, 0.3) is 0 Å². The molecule has 0 aliphatic carbocycles. The van der Waals surface area contributed by atoms with Gasteiger partial charge in [-0.15, -0.1) is 0 Å². The molecule has 0 saturated heterocycles. The lowest BCUT2D eigenvalue weighted by molar-refractivity contribution is 0.257. The van der Waals surface area contributed by atoms with Crippen LogP contribution in [-0.4, -0.2) is 44.3 Å². The molecule has 0 aromatic heterocycles. The monoisotopic (exact) mass is 114 g/mol. The first-order valence-electron chi connectivity index (χ1n) is 1.54. The van der Waals surface area contributed by atoms with Crippen molar-refractivity contribution in [2.75, 3.05) is 14.1 Å². The predicted molar refractivity (Wildman–Crippen MR) is 27.0 cm³/mol. The van der Waals surface area contributed by atoms with Gasteiger partial charge in [-0.2, -0.15) is 0 Å². The first kappa shape index (κ1) is 6.35. The van der Waals surface area contributed by atoms with Gasteiger partial charge in [0.2, 0.25) is 0 Å². The Morgan fingerprint density at radius 2 is 1.17 bits per heavy atom. The molecule has 0 amide bonds. The molecule has 6 radical (unpaired) electrons. The van der Waals surface area contributed by atoms with Crippen molar-refractivity contribution in [1.29, 1.82) is 0 Å². The van der Waals surface area contributed by atoms with E-state index in [4.69, 9.17) is 0 Å². The van der Waals surface area contributed by atoms with Gasteiger partial charge in [-0.3, -0.25) is 9.35 Å². The van der Waals surface area contributed by atoms with Crippen LogP contribution in [0.4, 0.5) is 0 Å². The SMILES string of the molecule is CN([Si])N(C)[Si]. The maximum absolute atomic E-state index is 3.19. The molecule has 0 fully saturated rings. The largest absolute Gasteiger partial charge is 0.278 e. The van der Waals surface area contributed by atoms with Gasteiger partial charge < -0.3 is 0 Å². The minimum Gasteiger partial charge on any atom is -0.278 e. The summed E-state index contributed by atoms with van der Waals surface area (Å²) < 4.78 is 3.44. The topological polar surface area (TPSA) is 6.48 Å². The van der Waals surface area contributed by atoms with E-state index < -0.39 is 0 Å². The minimum absolute atomic E-state index is 1.72. The second kappa shape index (κ2) is 2.51. The van der Waals surface area contributed by atoms with Crippen LogP contribution in [0.2, 0.25) is 0 Å². The van der Waals surface area contributed by atoms with Gasteiger partial charge in [-0.25, -0.2) is 0 Å². The van der Waals surface area contributed by atoms with Crippen LogP contribution in [0.15, 0.2) is 0 Å². The van der Waals surface area contributed by atoms with E-state index in [-0.39, 0.29) is 0 Å². The molecule has 6 heavy (non-hydrogen) atoms. The molecule has 0 N–H and O–H groups in total. The van der Waals surface area contributed by atoms with Crippen molar-refractivity contribution in [3.63, 3.8) is 0 Å². The van der Waals surface area contributed by atoms with E-state index >= 15 is 0 Å². The lowest BCUT2D eigenvalue weighted by Crippen LogP contribution is -2.31. The third kappa shape index (κ3) is 2.58. The fraction of sp³-hybridized carbons (Fsp3) is 1.00. The number of rotatable bonds is 1. The molecule has 0 aromatic rings. The van der Waals surface area contributed by atoms with E-state index in [0.29, 0.717) is 0 Å². The third-order valence-corrected chi connectivity index (χ3v) is 1.25. The molecule has 0 rings (SSSR count). The van der Waals surface area contributed by atoms with Crippen molar-refractivity contribution in [3.8, 4) is 0 Å². The van der Waals surface area contributed by atoms with Gasteiger partial charge in [0.25, 0.3) is 0 Å². The van der Waals surface area contributed by atoms with Crippen LogP contribution in [0.1, 0.15) is 0 Å². The summed E-state index contributed by atoms with van der Waals surface area (Å²) in [7, 11) is 10.1. The highest BCUT2D eigenvalue weighted by atomic mass is 28.2. The molecule has 4 heteroatoms. The molecule has 0 unspecified atom stereocenters. The summed E-state index contributed by atoms with van der Waals surface area (Å²) in [5.74, 6) is 0. The molecule has 0 aromatic carbocycles. The second-order valence-corrected chi connectivity index (χ2v) is 2.34. The fourth-order valence-corrected chi connectivity index (χ4v) is 0. The zero-order chi connectivity index (χ0) is 5.15. The zero-order valence-electron chi connectivity index (χ0n) is 3.89. The average Bonchev–Trinajstić information content (AvgIpc) is 1.36. The molecular formula is C2H6N2Si2. The highest BCUT2D eigenvalue weighted by Gasteiger charge is 1.85. The Hall–Kier alpha value is 0.354. The van der Waals surface area contributed by atoms with Crippen LogP contribution in [0.5, 0.6) is 0 Å². The molecule has 0 spiro atoms. The van der Waals surface area contributed by atoms with Crippen LogP contribution in [-0.2, 0) is 0 Å². The lowest BCUT2D eigenvalue weighted by Gasteiger charge is -2.17. The van der Waals surface area contributed by atoms with Crippen molar-refractivity contribution in [3.05, 3.63) is 0 Å². The molecule has 0 aliphatic rings. The van der Waals surface area contributed by atoms with Gasteiger partial charge in [0, 0.05) is 0 Å². The maximum Gasteiger partial charge on any atom is 0.165 e. The summed E-state index contributed by atoms with van der Waals surface area (Å²) in [6, 6.07) is 0. The first-order chi connectivity index (χ1) is 2.64. The Bertz CT molecular complexity index is 30.5. The lowest BCUT2D eigenvalue weighted by atomic mass is 11.4. The molecular weight excluding hydrogens is 108 g/mol. The summed E-state index contributed by atoms with van der Waals surface area (Å²) in [6.07, 6.45) is 0. The van der Waals surface area contributed by atoms with Crippen molar-refractivity contribution in [2.24, 2.45) is 0 Å². The number of hydrogen-bond acceptors (Lipinski definition) is 2. The Labute approximate surface area is 45.1 Å². The summed E-state index contributed by atoms with van der Waals surface area (Å²) in [5.41, 5.74) is 0. The second-order valence-electron chi connectivity index (χ2n) is 1.05. The van der Waals surface area contributed by atoms with E-state index in [1.165, 1.54) is 0 Å². The first-order valence-corrected chi connectivity index (χ1v) is 2.44. The van der Waals surface area contributed by atoms with Gasteiger partial charge in [-0.05, 0) is 14.1 Å². The van der Waals surface area contributed by atoms with Crippen LogP contribution in [0.3, 0.4) is 0 Å². The highest BCUT2D eigenvalue weighted by molar-refractivity contribution is 6.09.